The largest absolute Gasteiger partial charge is 0.467 e. The Balaban J connectivity index is 2.23. The lowest BCUT2D eigenvalue weighted by molar-refractivity contribution is 0.373. The molecule has 0 unspecified atom stereocenters. The number of ether oxygens (including phenoxy) is 1. The molecule has 0 amide bonds. The number of hydrogen-bond acceptors (Lipinski definition) is 7. The third-order valence-electron chi connectivity index (χ3n) is 2.01. The molecule has 0 saturated heterocycles. The predicted octanol–water partition coefficient (Wildman–Crippen LogP) is 2.51. The number of nitrogens with one attached hydrogen (secondary N) is 1. The molecule has 2 aromatic rings. The van der Waals surface area contributed by atoms with Gasteiger partial charge in [-0.2, -0.15) is 15.0 Å². The molecule has 0 aliphatic heterocycles. The molecule has 1 N–H and O–H groups in total. The summed E-state index contributed by atoms with van der Waals surface area (Å²) < 4.78 is 5.04. The minimum absolute atomic E-state index is 0.266. The van der Waals surface area contributed by atoms with Crippen molar-refractivity contribution in [3.05, 3.63) is 23.4 Å². The number of rotatable bonds is 5. The predicted molar refractivity (Wildman–Crippen MR) is 73.9 cm³/mol. The summed E-state index contributed by atoms with van der Waals surface area (Å²) in [5.74, 6) is 0.478. The Kier molecular flexibility index (Phi) is 4.75. The number of anilines is 1. The van der Waals surface area contributed by atoms with Crippen LogP contribution in [0.25, 0.3) is 0 Å². The first-order valence-corrected chi connectivity index (χ1v) is 6.74. The van der Waals surface area contributed by atoms with Crippen molar-refractivity contribution in [2.45, 2.75) is 17.1 Å². The van der Waals surface area contributed by atoms with Crippen LogP contribution in [0.15, 0.2) is 28.5 Å². The highest BCUT2D eigenvalue weighted by molar-refractivity contribution is 7.99. The molecule has 2 aromatic heterocycles. The molecule has 2 heterocycles. The van der Waals surface area contributed by atoms with Crippen LogP contribution in [0.4, 0.5) is 5.95 Å². The molecular formula is C11H12ClN5OS. The Labute approximate surface area is 120 Å². The van der Waals surface area contributed by atoms with E-state index in [0.29, 0.717) is 16.1 Å². The lowest BCUT2D eigenvalue weighted by atomic mass is 10.5. The van der Waals surface area contributed by atoms with E-state index in [1.54, 1.807) is 18.3 Å². The molecule has 19 heavy (non-hydrogen) atoms. The second-order valence-corrected chi connectivity index (χ2v) is 4.80. The lowest BCUT2D eigenvalue weighted by Gasteiger charge is -2.06. The van der Waals surface area contributed by atoms with Crippen LogP contribution in [0.1, 0.15) is 6.92 Å². The summed E-state index contributed by atoms with van der Waals surface area (Å²) in [7, 11) is 1.51. The van der Waals surface area contributed by atoms with Gasteiger partial charge in [0, 0.05) is 12.7 Å². The van der Waals surface area contributed by atoms with Gasteiger partial charge < -0.3 is 10.1 Å². The van der Waals surface area contributed by atoms with E-state index in [9.17, 15) is 0 Å². The smallest absolute Gasteiger partial charge is 0.321 e. The van der Waals surface area contributed by atoms with Gasteiger partial charge >= 0.3 is 6.01 Å². The van der Waals surface area contributed by atoms with Gasteiger partial charge in [-0.25, -0.2) is 4.98 Å². The molecule has 0 radical (unpaired) electrons. The molecule has 100 valence electrons. The van der Waals surface area contributed by atoms with Crippen molar-refractivity contribution in [3.8, 4) is 6.01 Å². The first-order chi connectivity index (χ1) is 9.21. The number of pyridine rings is 1. The number of hydrogen-bond donors (Lipinski definition) is 1. The van der Waals surface area contributed by atoms with E-state index in [1.807, 2.05) is 6.92 Å². The van der Waals surface area contributed by atoms with Crippen molar-refractivity contribution >= 4 is 29.3 Å². The minimum Gasteiger partial charge on any atom is -0.467 e. The summed E-state index contributed by atoms with van der Waals surface area (Å²) in [4.78, 5) is 16.7. The van der Waals surface area contributed by atoms with Crippen LogP contribution in [-0.4, -0.2) is 33.6 Å². The van der Waals surface area contributed by atoms with Crippen molar-refractivity contribution in [3.63, 3.8) is 0 Å². The minimum atomic E-state index is 0.266. The Morgan fingerprint density at radius 1 is 1.32 bits per heavy atom. The van der Waals surface area contributed by atoms with Gasteiger partial charge in [-0.1, -0.05) is 11.6 Å². The third kappa shape index (κ3) is 3.93. The zero-order valence-corrected chi connectivity index (χ0v) is 12.0. The quantitative estimate of drug-likeness (QED) is 0.909. The number of methoxy groups -OCH3 is 1. The third-order valence-corrected chi connectivity index (χ3v) is 3.05. The molecule has 0 aliphatic carbocycles. The molecular weight excluding hydrogens is 286 g/mol. The maximum absolute atomic E-state index is 5.79. The van der Waals surface area contributed by atoms with E-state index >= 15 is 0 Å². The van der Waals surface area contributed by atoms with E-state index in [4.69, 9.17) is 16.3 Å². The molecule has 0 spiro atoms. The average Bonchev–Trinajstić information content (AvgIpc) is 2.41. The fourth-order valence-electron chi connectivity index (χ4n) is 1.23. The summed E-state index contributed by atoms with van der Waals surface area (Å²) in [6, 6.07) is 3.83. The van der Waals surface area contributed by atoms with E-state index in [-0.39, 0.29) is 6.01 Å². The zero-order valence-electron chi connectivity index (χ0n) is 10.4. The Morgan fingerprint density at radius 3 is 2.79 bits per heavy atom. The van der Waals surface area contributed by atoms with Gasteiger partial charge in [0.2, 0.25) is 11.1 Å². The SMILES string of the molecule is CCNc1nc(OC)nc(Sc2ccc(Cl)cn2)n1. The van der Waals surface area contributed by atoms with Crippen molar-refractivity contribution in [1.29, 1.82) is 0 Å². The fraction of sp³-hybridized carbons (Fsp3) is 0.273. The van der Waals surface area contributed by atoms with Crippen LogP contribution in [0.2, 0.25) is 5.02 Å². The summed E-state index contributed by atoms with van der Waals surface area (Å²) in [6.45, 7) is 2.68. The zero-order chi connectivity index (χ0) is 13.7. The van der Waals surface area contributed by atoms with Crippen LogP contribution in [0, 0.1) is 0 Å². The monoisotopic (exact) mass is 297 g/mol. The molecule has 0 fully saturated rings. The summed E-state index contributed by atoms with van der Waals surface area (Å²) in [6.07, 6.45) is 1.58. The van der Waals surface area contributed by atoms with Crippen LogP contribution in [0.3, 0.4) is 0 Å². The first-order valence-electron chi connectivity index (χ1n) is 5.54. The highest BCUT2D eigenvalue weighted by Crippen LogP contribution is 2.25. The van der Waals surface area contributed by atoms with E-state index in [1.165, 1.54) is 18.9 Å². The second-order valence-electron chi connectivity index (χ2n) is 3.38. The summed E-state index contributed by atoms with van der Waals surface area (Å²) in [5, 5.41) is 4.87. The maximum atomic E-state index is 5.79. The van der Waals surface area contributed by atoms with Crippen molar-refractivity contribution in [1.82, 2.24) is 19.9 Å². The normalized spacial score (nSPS) is 10.3. The lowest BCUT2D eigenvalue weighted by Crippen LogP contribution is -2.05. The van der Waals surface area contributed by atoms with E-state index in [2.05, 4.69) is 25.3 Å². The van der Waals surface area contributed by atoms with Crippen molar-refractivity contribution in [2.75, 3.05) is 19.0 Å². The molecule has 0 atom stereocenters. The highest BCUT2D eigenvalue weighted by atomic mass is 35.5. The van der Waals surface area contributed by atoms with Gasteiger partial charge in [0.1, 0.15) is 5.03 Å². The summed E-state index contributed by atoms with van der Waals surface area (Å²) in [5.41, 5.74) is 0. The maximum Gasteiger partial charge on any atom is 0.321 e. The molecule has 8 heteroatoms. The van der Waals surface area contributed by atoms with Gasteiger partial charge in [-0.15, -0.1) is 0 Å². The standard InChI is InChI=1S/C11H12ClN5OS/c1-3-13-9-15-10(18-2)17-11(16-9)19-8-5-4-7(12)6-14-8/h4-6H,3H2,1-2H3,(H,13,15,16,17). The van der Waals surface area contributed by atoms with Crippen LogP contribution in [-0.2, 0) is 0 Å². The van der Waals surface area contributed by atoms with Gasteiger partial charge in [0.05, 0.1) is 12.1 Å². The molecule has 0 aliphatic rings. The fourth-order valence-corrected chi connectivity index (χ4v) is 2.02. The highest BCUT2D eigenvalue weighted by Gasteiger charge is 2.08. The topological polar surface area (TPSA) is 72.8 Å². The second kappa shape index (κ2) is 6.53. The average molecular weight is 298 g/mol. The van der Waals surface area contributed by atoms with Gasteiger partial charge in [0.15, 0.2) is 0 Å². The van der Waals surface area contributed by atoms with Gasteiger partial charge in [0.25, 0.3) is 0 Å². The number of halogens is 1. The van der Waals surface area contributed by atoms with E-state index in [0.717, 1.165) is 11.6 Å². The van der Waals surface area contributed by atoms with Crippen molar-refractivity contribution < 1.29 is 4.74 Å². The molecule has 0 aromatic carbocycles. The molecule has 2 rings (SSSR count). The Morgan fingerprint density at radius 2 is 2.16 bits per heavy atom. The van der Waals surface area contributed by atoms with Crippen molar-refractivity contribution in [2.24, 2.45) is 0 Å². The Hall–Kier alpha value is -1.60. The molecule has 0 saturated carbocycles. The van der Waals surface area contributed by atoms with Gasteiger partial charge in [-0.3, -0.25) is 0 Å². The molecule has 6 nitrogen and oxygen atoms in total. The van der Waals surface area contributed by atoms with Crippen LogP contribution < -0.4 is 10.1 Å². The van der Waals surface area contributed by atoms with Gasteiger partial charge in [-0.05, 0) is 30.8 Å². The Bertz CT molecular complexity index is 551. The number of aromatic nitrogens is 4. The number of nitrogens with zero attached hydrogens (tertiary/aromatic N) is 4. The van der Waals surface area contributed by atoms with Crippen LogP contribution in [0.5, 0.6) is 6.01 Å². The van der Waals surface area contributed by atoms with E-state index < -0.39 is 0 Å². The first kappa shape index (κ1) is 13.8. The summed E-state index contributed by atoms with van der Waals surface area (Å²) >= 11 is 7.10. The van der Waals surface area contributed by atoms with Crippen LogP contribution >= 0.6 is 23.4 Å². The molecule has 0 bridgehead atoms.